The molecule has 0 aliphatic heterocycles. The average Bonchev–Trinajstić information content (AvgIpc) is 2.40. The molecule has 0 atom stereocenters. The van der Waals surface area contributed by atoms with Crippen LogP contribution < -0.4 is 5.32 Å². The molecule has 2 rings (SSSR count). The van der Waals surface area contributed by atoms with Gasteiger partial charge in [-0.05, 0) is 48.2 Å². The van der Waals surface area contributed by atoms with Gasteiger partial charge in [0.1, 0.15) is 5.82 Å². The monoisotopic (exact) mass is 271 g/mol. The minimum Gasteiger partial charge on any atom is -0.310 e. The predicted molar refractivity (Wildman–Crippen MR) is 83.3 cm³/mol. The molecule has 0 saturated heterocycles. The summed E-state index contributed by atoms with van der Waals surface area (Å²) < 4.78 is 13.6. The van der Waals surface area contributed by atoms with Crippen molar-refractivity contribution in [3.8, 4) is 11.1 Å². The molecule has 0 saturated carbocycles. The zero-order valence-corrected chi connectivity index (χ0v) is 12.6. The molecule has 0 fully saturated rings. The third-order valence-corrected chi connectivity index (χ3v) is 3.46. The minimum atomic E-state index is -0.185. The summed E-state index contributed by atoms with van der Waals surface area (Å²) in [6, 6.07) is 11.8. The molecular formula is C18H22FN. The largest absolute Gasteiger partial charge is 0.310 e. The molecule has 0 amide bonds. The van der Waals surface area contributed by atoms with E-state index < -0.39 is 0 Å². The number of benzene rings is 2. The van der Waals surface area contributed by atoms with E-state index in [0.29, 0.717) is 6.04 Å². The molecule has 0 aliphatic rings. The van der Waals surface area contributed by atoms with Crippen LogP contribution in [-0.4, -0.2) is 6.04 Å². The number of halogens is 1. The van der Waals surface area contributed by atoms with E-state index >= 15 is 0 Å². The summed E-state index contributed by atoms with van der Waals surface area (Å²) in [6.07, 6.45) is 0. The van der Waals surface area contributed by atoms with Crippen molar-refractivity contribution < 1.29 is 4.39 Å². The Bertz CT molecular complexity index is 602. The molecule has 0 aromatic heterocycles. The molecule has 0 heterocycles. The summed E-state index contributed by atoms with van der Waals surface area (Å²) in [4.78, 5) is 0. The van der Waals surface area contributed by atoms with Gasteiger partial charge in [-0.3, -0.25) is 0 Å². The number of nitrogens with one attached hydrogen (secondary N) is 1. The van der Waals surface area contributed by atoms with Gasteiger partial charge in [0.15, 0.2) is 0 Å². The van der Waals surface area contributed by atoms with E-state index in [9.17, 15) is 4.39 Å². The third-order valence-electron chi connectivity index (χ3n) is 3.46. The van der Waals surface area contributed by atoms with E-state index in [2.05, 4.69) is 44.3 Å². The Labute approximate surface area is 120 Å². The molecule has 0 radical (unpaired) electrons. The lowest BCUT2D eigenvalue weighted by molar-refractivity contribution is 0.589. The van der Waals surface area contributed by atoms with Crippen molar-refractivity contribution in [2.24, 2.45) is 0 Å². The van der Waals surface area contributed by atoms with Crippen molar-refractivity contribution in [1.29, 1.82) is 0 Å². The topological polar surface area (TPSA) is 12.0 Å². The van der Waals surface area contributed by atoms with Crippen molar-refractivity contribution in [2.45, 2.75) is 40.3 Å². The van der Waals surface area contributed by atoms with Gasteiger partial charge in [-0.2, -0.15) is 0 Å². The minimum absolute atomic E-state index is 0.185. The fourth-order valence-electron chi connectivity index (χ4n) is 2.29. The first-order valence-electron chi connectivity index (χ1n) is 7.07. The van der Waals surface area contributed by atoms with Gasteiger partial charge in [0.2, 0.25) is 0 Å². The maximum Gasteiger partial charge on any atom is 0.123 e. The maximum absolute atomic E-state index is 13.6. The second-order valence-electron chi connectivity index (χ2n) is 5.66. The van der Waals surface area contributed by atoms with Crippen molar-refractivity contribution in [1.82, 2.24) is 5.32 Å². The number of hydrogen-bond acceptors (Lipinski definition) is 1. The Morgan fingerprint density at radius 2 is 1.75 bits per heavy atom. The van der Waals surface area contributed by atoms with Gasteiger partial charge in [0.05, 0.1) is 0 Å². The molecular weight excluding hydrogens is 249 g/mol. The van der Waals surface area contributed by atoms with Crippen molar-refractivity contribution in [2.75, 3.05) is 0 Å². The van der Waals surface area contributed by atoms with E-state index in [0.717, 1.165) is 23.2 Å². The van der Waals surface area contributed by atoms with Crippen LogP contribution in [0.4, 0.5) is 4.39 Å². The van der Waals surface area contributed by atoms with Crippen LogP contribution in [0, 0.1) is 19.7 Å². The Balaban J connectivity index is 2.48. The number of hydrogen-bond donors (Lipinski definition) is 1. The number of aryl methyl sites for hydroxylation is 2. The molecule has 106 valence electrons. The highest BCUT2D eigenvalue weighted by atomic mass is 19.1. The lowest BCUT2D eigenvalue weighted by Gasteiger charge is -2.15. The first kappa shape index (κ1) is 14.7. The van der Waals surface area contributed by atoms with Gasteiger partial charge < -0.3 is 5.32 Å². The van der Waals surface area contributed by atoms with Crippen LogP contribution in [0.25, 0.3) is 11.1 Å². The van der Waals surface area contributed by atoms with E-state index in [1.807, 2.05) is 13.0 Å². The zero-order valence-electron chi connectivity index (χ0n) is 12.6. The molecule has 1 N–H and O–H groups in total. The van der Waals surface area contributed by atoms with Crippen LogP contribution in [0.2, 0.25) is 0 Å². The average molecular weight is 271 g/mol. The summed E-state index contributed by atoms with van der Waals surface area (Å²) in [5.41, 5.74) is 5.60. The Kier molecular flexibility index (Phi) is 4.56. The van der Waals surface area contributed by atoms with Crippen molar-refractivity contribution >= 4 is 0 Å². The van der Waals surface area contributed by atoms with Crippen LogP contribution >= 0.6 is 0 Å². The van der Waals surface area contributed by atoms with Crippen LogP contribution in [-0.2, 0) is 6.54 Å². The molecule has 2 heteroatoms. The molecule has 0 bridgehead atoms. The third kappa shape index (κ3) is 3.45. The van der Waals surface area contributed by atoms with Crippen LogP contribution in [0.15, 0.2) is 36.4 Å². The molecule has 1 nitrogen and oxygen atoms in total. The predicted octanol–water partition coefficient (Wildman–Crippen LogP) is 4.61. The Hall–Kier alpha value is -1.67. The van der Waals surface area contributed by atoms with Crippen molar-refractivity contribution in [3.63, 3.8) is 0 Å². The molecule has 0 unspecified atom stereocenters. The lowest BCUT2D eigenvalue weighted by atomic mass is 9.94. The SMILES string of the molecule is Cc1ccc(CNC(C)C)c(-c2cc(F)ccc2C)c1. The summed E-state index contributed by atoms with van der Waals surface area (Å²) in [6.45, 7) is 9.14. The number of rotatable bonds is 4. The van der Waals surface area contributed by atoms with Crippen molar-refractivity contribution in [3.05, 3.63) is 58.9 Å². The second-order valence-corrected chi connectivity index (χ2v) is 5.66. The Morgan fingerprint density at radius 3 is 2.45 bits per heavy atom. The summed E-state index contributed by atoms with van der Waals surface area (Å²) >= 11 is 0. The molecule has 2 aromatic carbocycles. The molecule has 20 heavy (non-hydrogen) atoms. The van der Waals surface area contributed by atoms with E-state index in [1.54, 1.807) is 6.07 Å². The normalized spacial score (nSPS) is 11.1. The van der Waals surface area contributed by atoms with Crippen LogP contribution in [0.1, 0.15) is 30.5 Å². The molecule has 0 spiro atoms. The van der Waals surface area contributed by atoms with Crippen LogP contribution in [0.5, 0.6) is 0 Å². The standard InChI is InChI=1S/C18H22FN/c1-12(2)20-11-15-7-5-13(3)9-18(15)17-10-16(19)8-6-14(17)4/h5-10,12,20H,11H2,1-4H3. The lowest BCUT2D eigenvalue weighted by Crippen LogP contribution is -2.22. The van der Waals surface area contributed by atoms with Crippen LogP contribution in [0.3, 0.4) is 0 Å². The second kappa shape index (κ2) is 6.19. The van der Waals surface area contributed by atoms with Gasteiger partial charge in [-0.1, -0.05) is 43.7 Å². The zero-order chi connectivity index (χ0) is 14.7. The highest BCUT2D eigenvalue weighted by Crippen LogP contribution is 2.28. The van der Waals surface area contributed by atoms with E-state index in [1.165, 1.54) is 17.2 Å². The molecule has 2 aromatic rings. The fourth-order valence-corrected chi connectivity index (χ4v) is 2.29. The Morgan fingerprint density at radius 1 is 1.00 bits per heavy atom. The fraction of sp³-hybridized carbons (Fsp3) is 0.333. The highest BCUT2D eigenvalue weighted by Gasteiger charge is 2.09. The van der Waals surface area contributed by atoms with Gasteiger partial charge in [-0.15, -0.1) is 0 Å². The summed E-state index contributed by atoms with van der Waals surface area (Å²) in [5.74, 6) is -0.185. The van der Waals surface area contributed by atoms with E-state index in [-0.39, 0.29) is 5.82 Å². The summed E-state index contributed by atoms with van der Waals surface area (Å²) in [5, 5.41) is 3.43. The molecule has 0 aliphatic carbocycles. The smallest absolute Gasteiger partial charge is 0.123 e. The first-order chi connectivity index (χ1) is 9.47. The highest BCUT2D eigenvalue weighted by molar-refractivity contribution is 5.71. The van der Waals surface area contributed by atoms with Gasteiger partial charge >= 0.3 is 0 Å². The summed E-state index contributed by atoms with van der Waals surface area (Å²) in [7, 11) is 0. The quantitative estimate of drug-likeness (QED) is 0.856. The first-order valence-corrected chi connectivity index (χ1v) is 7.07. The maximum atomic E-state index is 13.6. The van der Waals surface area contributed by atoms with Gasteiger partial charge in [0, 0.05) is 12.6 Å². The van der Waals surface area contributed by atoms with Gasteiger partial charge in [0.25, 0.3) is 0 Å². The van der Waals surface area contributed by atoms with E-state index in [4.69, 9.17) is 0 Å². The van der Waals surface area contributed by atoms with Gasteiger partial charge in [-0.25, -0.2) is 4.39 Å².